The zero-order chi connectivity index (χ0) is 16.7. The molecule has 0 spiro atoms. The summed E-state index contributed by atoms with van der Waals surface area (Å²) in [6.45, 7) is 0.625. The third kappa shape index (κ3) is 2.53. The highest BCUT2D eigenvalue weighted by molar-refractivity contribution is 7.90. The molecular weight excluding hydrogens is 326 g/mol. The molecule has 7 heteroatoms. The van der Waals surface area contributed by atoms with Gasteiger partial charge in [-0.25, -0.2) is 9.71 Å². The van der Waals surface area contributed by atoms with Gasteiger partial charge in [-0.3, -0.25) is 4.79 Å². The fourth-order valence-electron chi connectivity index (χ4n) is 3.67. The Morgan fingerprint density at radius 1 is 1.12 bits per heavy atom. The van der Waals surface area contributed by atoms with Crippen LogP contribution >= 0.6 is 0 Å². The minimum atomic E-state index is -3.92. The number of carbonyl (C=O) groups is 1. The van der Waals surface area contributed by atoms with Gasteiger partial charge < -0.3 is 4.57 Å². The van der Waals surface area contributed by atoms with Crippen LogP contribution in [0.25, 0.3) is 0 Å². The average molecular weight is 345 g/mol. The number of hydrogen-bond acceptors (Lipinski definition) is 4. The van der Waals surface area contributed by atoms with Crippen molar-refractivity contribution in [2.45, 2.75) is 50.1 Å². The van der Waals surface area contributed by atoms with Crippen molar-refractivity contribution in [1.29, 1.82) is 0 Å². The molecule has 0 unspecified atom stereocenters. The van der Waals surface area contributed by atoms with Crippen LogP contribution in [-0.2, 0) is 35.8 Å². The first-order chi connectivity index (χ1) is 11.6. The monoisotopic (exact) mass is 345 g/mol. The second-order valence-electron chi connectivity index (χ2n) is 6.35. The van der Waals surface area contributed by atoms with Crippen molar-refractivity contribution < 1.29 is 13.2 Å². The van der Waals surface area contributed by atoms with Gasteiger partial charge in [0.15, 0.2) is 5.03 Å². The van der Waals surface area contributed by atoms with Crippen LogP contribution in [0.15, 0.2) is 29.4 Å². The topological polar surface area (TPSA) is 81.1 Å². The number of hydrogen-bond donors (Lipinski definition) is 1. The van der Waals surface area contributed by atoms with Crippen LogP contribution in [0, 0.1) is 0 Å². The summed E-state index contributed by atoms with van der Waals surface area (Å²) in [5.74, 6) is 0.210. The van der Waals surface area contributed by atoms with Crippen molar-refractivity contribution in [3.05, 3.63) is 46.9 Å². The molecule has 0 saturated carbocycles. The smallest absolute Gasteiger partial charge is 0.281 e. The Kier molecular flexibility index (Phi) is 3.68. The highest BCUT2D eigenvalue weighted by atomic mass is 32.2. The molecule has 1 aromatic carbocycles. The predicted molar refractivity (Wildman–Crippen MR) is 88.3 cm³/mol. The lowest BCUT2D eigenvalue weighted by Crippen LogP contribution is -2.33. The number of aryl methyl sites for hydroxylation is 2. The van der Waals surface area contributed by atoms with E-state index in [2.05, 4.69) is 9.71 Å². The van der Waals surface area contributed by atoms with Crippen molar-refractivity contribution in [2.24, 2.45) is 0 Å². The second kappa shape index (κ2) is 5.73. The van der Waals surface area contributed by atoms with Crippen LogP contribution in [-0.4, -0.2) is 23.9 Å². The van der Waals surface area contributed by atoms with E-state index in [0.717, 1.165) is 55.5 Å². The van der Waals surface area contributed by atoms with E-state index in [0.29, 0.717) is 12.1 Å². The van der Waals surface area contributed by atoms with Crippen molar-refractivity contribution in [3.63, 3.8) is 0 Å². The molecular formula is C17H19N3O3S. The maximum atomic E-state index is 12.6. The van der Waals surface area contributed by atoms with Crippen molar-refractivity contribution in [1.82, 2.24) is 14.3 Å². The number of amides is 1. The van der Waals surface area contributed by atoms with Crippen LogP contribution in [0.4, 0.5) is 0 Å². The van der Waals surface area contributed by atoms with E-state index in [1.165, 1.54) is 6.20 Å². The van der Waals surface area contributed by atoms with Gasteiger partial charge >= 0.3 is 0 Å². The predicted octanol–water partition coefficient (Wildman–Crippen LogP) is 1.83. The Balaban J connectivity index is 1.64. The van der Waals surface area contributed by atoms with E-state index in [-0.39, 0.29) is 5.03 Å². The lowest BCUT2D eigenvalue weighted by atomic mass is 9.88. The van der Waals surface area contributed by atoms with Gasteiger partial charge in [0.1, 0.15) is 5.82 Å². The van der Waals surface area contributed by atoms with Crippen molar-refractivity contribution in [3.8, 4) is 0 Å². The molecule has 0 bridgehead atoms. The van der Waals surface area contributed by atoms with Gasteiger partial charge in [-0.05, 0) is 49.3 Å². The van der Waals surface area contributed by atoms with Gasteiger partial charge in [-0.2, -0.15) is 8.42 Å². The van der Waals surface area contributed by atoms with E-state index in [4.69, 9.17) is 0 Å². The summed E-state index contributed by atoms with van der Waals surface area (Å²) >= 11 is 0. The molecule has 4 rings (SSSR count). The molecule has 1 aliphatic heterocycles. The third-order valence-electron chi connectivity index (χ3n) is 4.83. The van der Waals surface area contributed by atoms with Crippen LogP contribution in [0.3, 0.4) is 0 Å². The van der Waals surface area contributed by atoms with Gasteiger partial charge in [0.05, 0.1) is 6.20 Å². The largest absolute Gasteiger partial charge is 0.318 e. The Hall–Kier alpha value is -2.15. The molecule has 6 nitrogen and oxygen atoms in total. The zero-order valence-electron chi connectivity index (χ0n) is 13.3. The van der Waals surface area contributed by atoms with Crippen molar-refractivity contribution >= 4 is 15.9 Å². The van der Waals surface area contributed by atoms with E-state index in [9.17, 15) is 13.2 Å². The lowest BCUT2D eigenvalue weighted by Gasteiger charge is -2.19. The number of sulfonamides is 1. The van der Waals surface area contributed by atoms with Gasteiger partial charge in [-0.15, -0.1) is 0 Å². The normalized spacial score (nSPS) is 16.5. The van der Waals surface area contributed by atoms with Gasteiger partial charge in [0.2, 0.25) is 0 Å². The number of imidazole rings is 1. The first-order valence-electron chi connectivity index (χ1n) is 8.28. The quantitative estimate of drug-likeness (QED) is 0.920. The average Bonchev–Trinajstić information content (AvgIpc) is 3.16. The number of nitrogens with zero attached hydrogens (tertiary/aromatic N) is 2. The lowest BCUT2D eigenvalue weighted by molar-refractivity contribution is 0.0980. The number of carbonyl (C=O) groups excluding carboxylic acids is 1. The van der Waals surface area contributed by atoms with Crippen LogP contribution in [0.1, 0.15) is 46.6 Å². The van der Waals surface area contributed by atoms with Gasteiger partial charge in [-0.1, -0.05) is 12.1 Å². The van der Waals surface area contributed by atoms with Crippen molar-refractivity contribution in [2.75, 3.05) is 0 Å². The molecule has 1 aromatic heterocycles. The Bertz CT molecular complexity index is 915. The Morgan fingerprint density at radius 3 is 2.83 bits per heavy atom. The highest BCUT2D eigenvalue weighted by Crippen LogP contribution is 2.25. The number of aromatic nitrogens is 2. The summed E-state index contributed by atoms with van der Waals surface area (Å²) in [5.41, 5.74) is 2.60. The molecule has 2 heterocycles. The number of nitrogens with one attached hydrogen (secondary N) is 1. The molecule has 2 aromatic rings. The third-order valence-corrected chi connectivity index (χ3v) is 6.16. The SMILES string of the molecule is O=C(NS(=O)(=O)c1cnc2n1CCC2)c1cccc2c1CCCC2. The van der Waals surface area contributed by atoms with E-state index in [1.54, 1.807) is 10.6 Å². The van der Waals surface area contributed by atoms with Crippen LogP contribution in [0.5, 0.6) is 0 Å². The fraction of sp³-hybridized carbons (Fsp3) is 0.412. The molecule has 1 amide bonds. The zero-order valence-corrected chi connectivity index (χ0v) is 14.1. The molecule has 0 radical (unpaired) electrons. The van der Waals surface area contributed by atoms with Gasteiger partial charge in [0, 0.05) is 18.5 Å². The Morgan fingerprint density at radius 2 is 1.96 bits per heavy atom. The molecule has 0 atom stereocenters. The maximum absolute atomic E-state index is 12.6. The second-order valence-corrected chi connectivity index (χ2v) is 7.98. The summed E-state index contributed by atoms with van der Waals surface area (Å²) in [6, 6.07) is 5.54. The summed E-state index contributed by atoms with van der Waals surface area (Å²) in [6.07, 6.45) is 6.89. The minimum absolute atomic E-state index is 0.0770. The maximum Gasteiger partial charge on any atom is 0.281 e. The first-order valence-corrected chi connectivity index (χ1v) is 9.77. The molecule has 126 valence electrons. The summed E-state index contributed by atoms with van der Waals surface area (Å²) < 4.78 is 29.1. The number of benzene rings is 1. The number of fused-ring (bicyclic) bond motifs is 2. The van der Waals surface area contributed by atoms with E-state index >= 15 is 0 Å². The van der Waals surface area contributed by atoms with E-state index < -0.39 is 15.9 Å². The molecule has 24 heavy (non-hydrogen) atoms. The Labute approximate surface area is 141 Å². The highest BCUT2D eigenvalue weighted by Gasteiger charge is 2.28. The summed E-state index contributed by atoms with van der Waals surface area (Å²) in [4.78, 5) is 16.8. The number of rotatable bonds is 3. The summed E-state index contributed by atoms with van der Waals surface area (Å²) in [5, 5.41) is 0.0770. The van der Waals surface area contributed by atoms with Crippen LogP contribution < -0.4 is 4.72 Å². The summed E-state index contributed by atoms with van der Waals surface area (Å²) in [7, 11) is -3.92. The molecule has 2 aliphatic rings. The molecule has 0 saturated heterocycles. The minimum Gasteiger partial charge on any atom is -0.318 e. The molecule has 1 N–H and O–H groups in total. The molecule has 0 fully saturated rings. The molecule has 1 aliphatic carbocycles. The first kappa shape index (κ1) is 15.4. The van der Waals surface area contributed by atoms with Gasteiger partial charge in [0.25, 0.3) is 15.9 Å². The fourth-order valence-corrected chi connectivity index (χ4v) is 4.81. The van der Waals surface area contributed by atoms with E-state index in [1.807, 2.05) is 12.1 Å². The van der Waals surface area contributed by atoms with Crippen LogP contribution in [0.2, 0.25) is 0 Å². The standard InChI is InChI=1S/C17H19N3O3S/c21-17(14-8-3-6-12-5-1-2-7-13(12)14)19-24(22,23)16-11-18-15-9-4-10-20(15)16/h3,6,8,11H,1-2,4-5,7,9-10H2,(H,19,21).